The van der Waals surface area contributed by atoms with Crippen LogP contribution in [0.25, 0.3) is 0 Å². The van der Waals surface area contributed by atoms with E-state index in [2.05, 4.69) is 19.2 Å². The van der Waals surface area contributed by atoms with E-state index in [4.69, 9.17) is 11.6 Å². The topological polar surface area (TPSA) is 32.3 Å². The molecule has 0 aliphatic heterocycles. The van der Waals surface area contributed by atoms with Crippen molar-refractivity contribution in [3.63, 3.8) is 0 Å². The van der Waals surface area contributed by atoms with Crippen molar-refractivity contribution < 1.29 is 5.11 Å². The van der Waals surface area contributed by atoms with Crippen LogP contribution in [0.5, 0.6) is 0 Å². The highest BCUT2D eigenvalue weighted by molar-refractivity contribution is 7.99. The van der Waals surface area contributed by atoms with Crippen LogP contribution in [0, 0.1) is 0 Å². The first-order valence-corrected chi connectivity index (χ1v) is 7.40. The zero-order chi connectivity index (χ0) is 12.8. The first kappa shape index (κ1) is 14.8. The summed E-state index contributed by atoms with van der Waals surface area (Å²) in [5.74, 6) is 0. The van der Waals surface area contributed by atoms with Crippen molar-refractivity contribution in [2.75, 3.05) is 12.9 Å². The van der Waals surface area contributed by atoms with Gasteiger partial charge in [0.05, 0.1) is 6.61 Å². The molecule has 1 rings (SSSR count). The van der Waals surface area contributed by atoms with Gasteiger partial charge in [-0.25, -0.2) is 0 Å². The molecule has 0 radical (unpaired) electrons. The fourth-order valence-corrected chi connectivity index (χ4v) is 2.79. The van der Waals surface area contributed by atoms with Crippen molar-refractivity contribution in [3.8, 4) is 0 Å². The van der Waals surface area contributed by atoms with Crippen LogP contribution in [-0.2, 0) is 0 Å². The molecule has 0 aromatic heterocycles. The molecule has 0 bridgehead atoms. The lowest BCUT2D eigenvalue weighted by atomic mass is 10.1. The van der Waals surface area contributed by atoms with Gasteiger partial charge in [0, 0.05) is 22.4 Å². The number of aliphatic hydroxyl groups excluding tert-OH is 1. The number of thioether (sulfide) groups is 1. The molecule has 0 amide bonds. The molecule has 0 heterocycles. The van der Waals surface area contributed by atoms with Gasteiger partial charge in [-0.2, -0.15) is 11.8 Å². The Balaban J connectivity index is 2.66. The second kappa shape index (κ2) is 7.27. The Morgan fingerprint density at radius 1 is 1.35 bits per heavy atom. The molecular weight excluding hydrogens is 254 g/mol. The molecule has 0 fully saturated rings. The second-order valence-corrected chi connectivity index (χ2v) is 5.64. The predicted molar refractivity (Wildman–Crippen MR) is 76.9 cm³/mol. The summed E-state index contributed by atoms with van der Waals surface area (Å²) in [6, 6.07) is 8.27. The van der Waals surface area contributed by atoms with Gasteiger partial charge in [-0.3, -0.25) is 0 Å². The van der Waals surface area contributed by atoms with E-state index in [1.807, 2.05) is 30.5 Å². The summed E-state index contributed by atoms with van der Waals surface area (Å²) in [5, 5.41) is 13.7. The lowest BCUT2D eigenvalue weighted by molar-refractivity contribution is 0.272. The molecule has 3 atom stereocenters. The Kier molecular flexibility index (Phi) is 6.34. The average Bonchev–Trinajstić information content (AvgIpc) is 2.31. The summed E-state index contributed by atoms with van der Waals surface area (Å²) in [6.07, 6.45) is 2.01. The van der Waals surface area contributed by atoms with Gasteiger partial charge in [0.25, 0.3) is 0 Å². The first-order valence-electron chi connectivity index (χ1n) is 5.74. The fourth-order valence-electron chi connectivity index (χ4n) is 1.85. The third kappa shape index (κ3) is 4.18. The van der Waals surface area contributed by atoms with Gasteiger partial charge in [0.15, 0.2) is 0 Å². The number of halogens is 1. The highest BCUT2D eigenvalue weighted by Crippen LogP contribution is 2.23. The second-order valence-electron chi connectivity index (χ2n) is 4.16. The van der Waals surface area contributed by atoms with E-state index >= 15 is 0 Å². The van der Waals surface area contributed by atoms with Crippen LogP contribution in [0.3, 0.4) is 0 Å². The Morgan fingerprint density at radius 2 is 2.00 bits per heavy atom. The summed E-state index contributed by atoms with van der Waals surface area (Å²) in [4.78, 5) is 0. The maximum Gasteiger partial charge on any atom is 0.0564 e. The molecule has 3 unspecified atom stereocenters. The van der Waals surface area contributed by atoms with E-state index in [0.717, 1.165) is 10.6 Å². The van der Waals surface area contributed by atoms with Gasteiger partial charge in [-0.05, 0) is 31.7 Å². The molecule has 0 spiro atoms. The molecule has 96 valence electrons. The van der Waals surface area contributed by atoms with Gasteiger partial charge in [-0.15, -0.1) is 0 Å². The lowest BCUT2D eigenvalue weighted by Gasteiger charge is -2.26. The minimum atomic E-state index is 0.180. The van der Waals surface area contributed by atoms with Crippen LogP contribution in [-0.4, -0.2) is 29.3 Å². The van der Waals surface area contributed by atoms with Crippen LogP contribution >= 0.6 is 23.4 Å². The van der Waals surface area contributed by atoms with E-state index < -0.39 is 0 Å². The summed E-state index contributed by atoms with van der Waals surface area (Å²) < 4.78 is 0. The quantitative estimate of drug-likeness (QED) is 0.835. The standard InChI is InChI=1S/C13H20ClNOS/c1-9(11-6-4-5-7-12(11)14)15-10(2)13(8-16)17-3/h4-7,9-10,13,15-16H,8H2,1-3H3. The monoisotopic (exact) mass is 273 g/mol. The summed E-state index contributed by atoms with van der Waals surface area (Å²) >= 11 is 7.83. The van der Waals surface area contributed by atoms with E-state index in [-0.39, 0.29) is 23.9 Å². The molecular formula is C13H20ClNOS. The Bertz CT molecular complexity index is 344. The SMILES string of the molecule is CSC(CO)C(C)NC(C)c1ccccc1Cl. The molecule has 4 heteroatoms. The molecule has 2 N–H and O–H groups in total. The van der Waals surface area contributed by atoms with Crippen molar-refractivity contribution in [1.29, 1.82) is 0 Å². The summed E-state index contributed by atoms with van der Waals surface area (Å²) in [7, 11) is 0. The Labute approximate surface area is 113 Å². The molecule has 0 aliphatic carbocycles. The predicted octanol–water partition coefficient (Wildman–Crippen LogP) is 3.10. The van der Waals surface area contributed by atoms with Crippen LogP contribution in [0.1, 0.15) is 25.5 Å². The van der Waals surface area contributed by atoms with E-state index in [1.54, 1.807) is 11.8 Å². The Morgan fingerprint density at radius 3 is 2.53 bits per heavy atom. The molecule has 2 nitrogen and oxygen atoms in total. The highest BCUT2D eigenvalue weighted by atomic mass is 35.5. The van der Waals surface area contributed by atoms with Crippen molar-refractivity contribution in [1.82, 2.24) is 5.32 Å². The van der Waals surface area contributed by atoms with Gasteiger partial charge in [0.1, 0.15) is 0 Å². The zero-order valence-corrected chi connectivity index (χ0v) is 12.1. The van der Waals surface area contributed by atoms with Crippen molar-refractivity contribution in [2.45, 2.75) is 31.2 Å². The largest absolute Gasteiger partial charge is 0.395 e. The third-order valence-corrected chi connectivity index (χ3v) is 4.43. The van der Waals surface area contributed by atoms with Crippen LogP contribution in [0.4, 0.5) is 0 Å². The molecule has 17 heavy (non-hydrogen) atoms. The van der Waals surface area contributed by atoms with Gasteiger partial charge >= 0.3 is 0 Å². The lowest BCUT2D eigenvalue weighted by Crippen LogP contribution is -2.39. The van der Waals surface area contributed by atoms with Crippen LogP contribution < -0.4 is 5.32 Å². The number of aliphatic hydroxyl groups is 1. The normalized spacial score (nSPS) is 16.5. The zero-order valence-electron chi connectivity index (χ0n) is 10.5. The Hall–Kier alpha value is -0.220. The number of benzene rings is 1. The first-order chi connectivity index (χ1) is 8.10. The van der Waals surface area contributed by atoms with Crippen molar-refractivity contribution in [2.24, 2.45) is 0 Å². The van der Waals surface area contributed by atoms with Gasteiger partial charge in [-0.1, -0.05) is 29.8 Å². The highest BCUT2D eigenvalue weighted by Gasteiger charge is 2.18. The van der Waals surface area contributed by atoms with E-state index in [1.165, 1.54) is 0 Å². The number of rotatable bonds is 6. The van der Waals surface area contributed by atoms with Gasteiger partial charge < -0.3 is 10.4 Å². The van der Waals surface area contributed by atoms with Crippen molar-refractivity contribution >= 4 is 23.4 Å². The number of nitrogens with one attached hydrogen (secondary N) is 1. The maximum atomic E-state index is 9.25. The molecule has 0 aliphatic rings. The fraction of sp³-hybridized carbons (Fsp3) is 0.538. The third-order valence-electron chi connectivity index (χ3n) is 2.92. The average molecular weight is 274 g/mol. The van der Waals surface area contributed by atoms with Crippen LogP contribution in [0.15, 0.2) is 24.3 Å². The summed E-state index contributed by atoms with van der Waals surface area (Å²) in [5.41, 5.74) is 1.10. The minimum absolute atomic E-state index is 0.180. The number of hydrogen-bond acceptors (Lipinski definition) is 3. The van der Waals surface area contributed by atoms with E-state index in [9.17, 15) is 5.11 Å². The maximum absolute atomic E-state index is 9.25. The van der Waals surface area contributed by atoms with Crippen molar-refractivity contribution in [3.05, 3.63) is 34.9 Å². The van der Waals surface area contributed by atoms with Gasteiger partial charge in [0.2, 0.25) is 0 Å². The van der Waals surface area contributed by atoms with E-state index in [0.29, 0.717) is 0 Å². The van der Waals surface area contributed by atoms with Crippen LogP contribution in [0.2, 0.25) is 5.02 Å². The minimum Gasteiger partial charge on any atom is -0.395 e. The number of hydrogen-bond donors (Lipinski definition) is 2. The summed E-state index contributed by atoms with van der Waals surface area (Å²) in [6.45, 7) is 4.36. The molecule has 1 aromatic carbocycles. The molecule has 1 aromatic rings. The molecule has 0 saturated carbocycles. The molecule has 0 saturated heterocycles. The smallest absolute Gasteiger partial charge is 0.0564 e.